The lowest BCUT2D eigenvalue weighted by Crippen LogP contribution is -2.43. The largest absolute Gasteiger partial charge is 0.409 e. The predicted molar refractivity (Wildman–Crippen MR) is 90.8 cm³/mol. The highest BCUT2D eigenvalue weighted by atomic mass is 19.4. The van der Waals surface area contributed by atoms with Crippen molar-refractivity contribution in [3.8, 4) is 0 Å². The summed E-state index contributed by atoms with van der Waals surface area (Å²) in [6, 6.07) is 8.89. The third-order valence-electron chi connectivity index (χ3n) is 4.38. The zero-order valence-electron chi connectivity index (χ0n) is 14.2. The highest BCUT2D eigenvalue weighted by molar-refractivity contribution is 5.86. The Hall–Kier alpha value is -2.08. The van der Waals surface area contributed by atoms with Gasteiger partial charge in [0.2, 0.25) is 5.91 Å². The van der Waals surface area contributed by atoms with Crippen LogP contribution >= 0.6 is 0 Å². The Kier molecular flexibility index (Phi) is 4.73. The zero-order valence-corrected chi connectivity index (χ0v) is 14.2. The molecule has 0 bridgehead atoms. The molecule has 2 aromatic carbocycles. The minimum Gasteiger partial charge on any atom is -0.288 e. The first-order valence-electron chi connectivity index (χ1n) is 8.40. The van der Waals surface area contributed by atoms with Crippen molar-refractivity contribution in [3.05, 3.63) is 47.5 Å². The molecule has 0 saturated carbocycles. The number of hydrazine groups is 1. The van der Waals surface area contributed by atoms with Crippen LogP contribution in [0.2, 0.25) is 0 Å². The van der Waals surface area contributed by atoms with E-state index in [9.17, 15) is 18.0 Å². The average molecular weight is 350 g/mol. The molecule has 1 saturated heterocycles. The van der Waals surface area contributed by atoms with Crippen LogP contribution in [0.15, 0.2) is 36.4 Å². The maximum atomic E-state index is 13.8. The number of hydrogen-bond acceptors (Lipinski definition) is 2. The monoisotopic (exact) mass is 350 g/mol. The van der Waals surface area contributed by atoms with Gasteiger partial charge in [0.25, 0.3) is 0 Å². The van der Waals surface area contributed by atoms with Crippen molar-refractivity contribution in [2.45, 2.75) is 38.9 Å². The summed E-state index contributed by atoms with van der Waals surface area (Å²) in [5.74, 6) is -0.0491. The van der Waals surface area contributed by atoms with Crippen molar-refractivity contribution in [3.63, 3.8) is 0 Å². The normalized spacial score (nSPS) is 17.3. The van der Waals surface area contributed by atoms with Crippen LogP contribution in [0.25, 0.3) is 10.8 Å². The van der Waals surface area contributed by atoms with Crippen LogP contribution in [0.1, 0.15) is 37.4 Å². The van der Waals surface area contributed by atoms with Gasteiger partial charge in [0.05, 0.1) is 0 Å². The standard InChI is InChI=1S/C19H21F3N2O/c1-12(2)9-14-11-15(10-13-5-3-4-6-16(13)14)18(19(20,21)22)24-8-7-17(25)23-24/h3-6,10-12,18H,7-9H2,1-2H3,(H,23,25)/t18-/m0/s1. The van der Waals surface area contributed by atoms with Gasteiger partial charge in [0, 0.05) is 13.0 Å². The fourth-order valence-corrected chi connectivity index (χ4v) is 3.42. The molecule has 0 radical (unpaired) electrons. The molecule has 3 rings (SSSR count). The summed E-state index contributed by atoms with van der Waals surface area (Å²) in [6.45, 7) is 4.14. The smallest absolute Gasteiger partial charge is 0.288 e. The number of fused-ring (bicyclic) bond motifs is 1. The van der Waals surface area contributed by atoms with Gasteiger partial charge in [0.1, 0.15) is 6.04 Å². The van der Waals surface area contributed by atoms with Crippen LogP contribution in [0.5, 0.6) is 0 Å². The highest BCUT2D eigenvalue weighted by Crippen LogP contribution is 2.39. The van der Waals surface area contributed by atoms with E-state index < -0.39 is 12.2 Å². The molecule has 0 aliphatic carbocycles. The lowest BCUT2D eigenvalue weighted by molar-refractivity contribution is -0.191. The molecule has 0 unspecified atom stereocenters. The Balaban J connectivity index is 2.12. The van der Waals surface area contributed by atoms with Gasteiger partial charge in [-0.1, -0.05) is 44.2 Å². The van der Waals surface area contributed by atoms with Crippen LogP contribution in [-0.4, -0.2) is 23.6 Å². The van der Waals surface area contributed by atoms with Crippen molar-refractivity contribution in [1.82, 2.24) is 10.4 Å². The Morgan fingerprint density at radius 3 is 2.52 bits per heavy atom. The highest BCUT2D eigenvalue weighted by Gasteiger charge is 2.47. The number of carbonyl (C=O) groups is 1. The Labute approximate surface area is 144 Å². The Bertz CT molecular complexity index is 786. The average Bonchev–Trinajstić information content (AvgIpc) is 2.91. The summed E-state index contributed by atoms with van der Waals surface area (Å²) in [6.07, 6.45) is -3.69. The summed E-state index contributed by atoms with van der Waals surface area (Å²) in [5.41, 5.74) is 3.42. The topological polar surface area (TPSA) is 32.3 Å². The maximum absolute atomic E-state index is 13.8. The lowest BCUT2D eigenvalue weighted by atomic mass is 9.92. The second kappa shape index (κ2) is 6.67. The quantitative estimate of drug-likeness (QED) is 0.888. The van der Waals surface area contributed by atoms with Crippen LogP contribution in [-0.2, 0) is 11.2 Å². The van der Waals surface area contributed by atoms with E-state index in [-0.39, 0.29) is 24.4 Å². The summed E-state index contributed by atoms with van der Waals surface area (Å²) in [7, 11) is 0. The van der Waals surface area contributed by atoms with Crippen LogP contribution in [0, 0.1) is 5.92 Å². The molecule has 134 valence electrons. The predicted octanol–water partition coefficient (Wildman–Crippen LogP) is 4.38. The summed E-state index contributed by atoms with van der Waals surface area (Å²) >= 11 is 0. The molecule has 6 heteroatoms. The molecule has 2 aromatic rings. The van der Waals surface area contributed by atoms with Crippen molar-refractivity contribution in [2.75, 3.05) is 6.54 Å². The number of nitrogens with one attached hydrogen (secondary N) is 1. The van der Waals surface area contributed by atoms with Gasteiger partial charge in [-0.05, 0) is 40.3 Å². The first-order valence-corrected chi connectivity index (χ1v) is 8.40. The number of rotatable bonds is 4. The van der Waals surface area contributed by atoms with E-state index in [1.54, 1.807) is 12.1 Å². The van der Waals surface area contributed by atoms with Crippen molar-refractivity contribution in [2.24, 2.45) is 5.92 Å². The van der Waals surface area contributed by atoms with E-state index in [0.29, 0.717) is 12.3 Å². The minimum atomic E-state index is -4.48. The molecule has 0 spiro atoms. The number of carbonyl (C=O) groups excluding carboxylic acids is 1. The van der Waals surface area contributed by atoms with Crippen molar-refractivity contribution in [1.29, 1.82) is 0 Å². The van der Waals surface area contributed by atoms with E-state index in [1.807, 2.05) is 38.1 Å². The first kappa shape index (κ1) is 17.7. The Morgan fingerprint density at radius 1 is 1.20 bits per heavy atom. The van der Waals surface area contributed by atoms with Gasteiger partial charge in [0.15, 0.2) is 0 Å². The molecule has 3 nitrogen and oxygen atoms in total. The second-order valence-electron chi connectivity index (χ2n) is 6.92. The van der Waals surface area contributed by atoms with Crippen LogP contribution in [0.3, 0.4) is 0 Å². The molecule has 1 aliphatic heterocycles. The molecule has 1 aliphatic rings. The molecule has 1 heterocycles. The van der Waals surface area contributed by atoms with Gasteiger partial charge in [-0.25, -0.2) is 5.01 Å². The number of alkyl halides is 3. The molecule has 1 fully saturated rings. The third kappa shape index (κ3) is 3.79. The first-order chi connectivity index (χ1) is 11.8. The number of nitrogens with zero attached hydrogens (tertiary/aromatic N) is 1. The molecule has 0 aromatic heterocycles. The van der Waals surface area contributed by atoms with Crippen molar-refractivity contribution < 1.29 is 18.0 Å². The van der Waals surface area contributed by atoms with E-state index in [4.69, 9.17) is 0 Å². The zero-order chi connectivity index (χ0) is 18.2. The fraction of sp³-hybridized carbons (Fsp3) is 0.421. The van der Waals surface area contributed by atoms with Gasteiger partial charge in [-0.3, -0.25) is 10.2 Å². The molecular formula is C19H21F3N2O. The fourth-order valence-electron chi connectivity index (χ4n) is 3.42. The number of halogens is 3. The SMILES string of the molecule is CC(C)Cc1cc([C@H](N2CCC(=O)N2)C(F)(F)F)cc2ccccc12. The van der Waals surface area contributed by atoms with E-state index in [0.717, 1.165) is 21.3 Å². The summed E-state index contributed by atoms with van der Waals surface area (Å²) in [5, 5.41) is 2.77. The molecule has 1 N–H and O–H groups in total. The molecule has 1 atom stereocenters. The Morgan fingerprint density at radius 2 is 1.92 bits per heavy atom. The summed E-state index contributed by atoms with van der Waals surface area (Å²) in [4.78, 5) is 11.4. The maximum Gasteiger partial charge on any atom is 0.409 e. The van der Waals surface area contributed by atoms with Crippen LogP contribution < -0.4 is 5.43 Å². The van der Waals surface area contributed by atoms with Gasteiger partial charge in [-0.2, -0.15) is 13.2 Å². The number of amides is 1. The molecule has 1 amide bonds. The third-order valence-corrected chi connectivity index (χ3v) is 4.38. The van der Waals surface area contributed by atoms with Crippen LogP contribution in [0.4, 0.5) is 13.2 Å². The second-order valence-corrected chi connectivity index (χ2v) is 6.92. The summed E-state index contributed by atoms with van der Waals surface area (Å²) < 4.78 is 41.4. The van der Waals surface area contributed by atoms with E-state index in [2.05, 4.69) is 5.43 Å². The van der Waals surface area contributed by atoms with Gasteiger partial charge in [-0.15, -0.1) is 0 Å². The van der Waals surface area contributed by atoms with Gasteiger partial charge < -0.3 is 0 Å². The number of benzene rings is 2. The van der Waals surface area contributed by atoms with E-state index >= 15 is 0 Å². The van der Waals surface area contributed by atoms with Crippen molar-refractivity contribution >= 4 is 16.7 Å². The lowest BCUT2D eigenvalue weighted by Gasteiger charge is -2.30. The minimum absolute atomic E-state index is 0.0509. The molecular weight excluding hydrogens is 329 g/mol. The van der Waals surface area contributed by atoms with Gasteiger partial charge >= 0.3 is 6.18 Å². The van der Waals surface area contributed by atoms with E-state index in [1.165, 1.54) is 0 Å². The molecule has 25 heavy (non-hydrogen) atoms. The number of hydrogen-bond donors (Lipinski definition) is 1.